The van der Waals surface area contributed by atoms with Crippen LogP contribution in [0, 0.1) is 0 Å². The molecule has 1 amide bonds. The van der Waals surface area contributed by atoms with E-state index in [4.69, 9.17) is 10.5 Å². The quantitative estimate of drug-likeness (QED) is 0.618. The molecule has 0 radical (unpaired) electrons. The molecular formula is C8H18N2O2. The molecule has 0 rings (SSSR count). The molecule has 1 atom stereocenters. The van der Waals surface area contributed by atoms with Crippen LogP contribution in [0.3, 0.4) is 0 Å². The zero-order chi connectivity index (χ0) is 9.78. The van der Waals surface area contributed by atoms with E-state index in [1.54, 1.807) is 0 Å². The zero-order valence-corrected chi connectivity index (χ0v) is 8.18. The first kappa shape index (κ1) is 11.2. The number of hydrogen-bond donors (Lipinski definition) is 2. The Hall–Kier alpha value is -0.770. The van der Waals surface area contributed by atoms with Crippen molar-refractivity contribution in [1.82, 2.24) is 5.32 Å². The molecule has 0 heterocycles. The lowest BCUT2D eigenvalue weighted by atomic mass is 10.2. The van der Waals surface area contributed by atoms with Gasteiger partial charge in [0.05, 0.1) is 6.17 Å². The number of rotatable bonds is 2. The van der Waals surface area contributed by atoms with Gasteiger partial charge in [0.25, 0.3) is 0 Å². The minimum Gasteiger partial charge on any atom is -0.444 e. The van der Waals surface area contributed by atoms with Gasteiger partial charge < -0.3 is 15.8 Å². The van der Waals surface area contributed by atoms with Gasteiger partial charge in [0.15, 0.2) is 0 Å². The van der Waals surface area contributed by atoms with Gasteiger partial charge in [-0.05, 0) is 27.2 Å². The van der Waals surface area contributed by atoms with Gasteiger partial charge in [-0.1, -0.05) is 6.92 Å². The first-order chi connectivity index (χ1) is 5.35. The summed E-state index contributed by atoms with van der Waals surface area (Å²) in [5, 5.41) is 2.50. The molecule has 72 valence electrons. The van der Waals surface area contributed by atoms with E-state index in [9.17, 15) is 4.79 Å². The van der Waals surface area contributed by atoms with Crippen molar-refractivity contribution in [3.63, 3.8) is 0 Å². The van der Waals surface area contributed by atoms with E-state index < -0.39 is 11.7 Å². The van der Waals surface area contributed by atoms with Crippen LogP contribution in [0.4, 0.5) is 4.79 Å². The number of carbonyl (C=O) groups is 1. The molecule has 4 nitrogen and oxygen atoms in total. The predicted octanol–water partition coefficient (Wildman–Crippen LogP) is 1.21. The van der Waals surface area contributed by atoms with E-state index in [0.29, 0.717) is 6.42 Å². The predicted molar refractivity (Wildman–Crippen MR) is 47.6 cm³/mol. The monoisotopic (exact) mass is 174 g/mol. The molecule has 0 aliphatic carbocycles. The van der Waals surface area contributed by atoms with Gasteiger partial charge in [-0.3, -0.25) is 0 Å². The Bertz CT molecular complexity index is 152. The van der Waals surface area contributed by atoms with Gasteiger partial charge in [0, 0.05) is 0 Å². The van der Waals surface area contributed by atoms with Gasteiger partial charge >= 0.3 is 6.09 Å². The molecule has 3 N–H and O–H groups in total. The second kappa shape index (κ2) is 4.30. The minimum atomic E-state index is -0.461. The van der Waals surface area contributed by atoms with Crippen LogP contribution in [0.2, 0.25) is 0 Å². The number of nitrogens with two attached hydrogens (primary N) is 1. The van der Waals surface area contributed by atoms with Crippen molar-refractivity contribution in [1.29, 1.82) is 0 Å². The van der Waals surface area contributed by atoms with Crippen LogP contribution in [0.25, 0.3) is 0 Å². The van der Waals surface area contributed by atoms with Crippen LogP contribution in [-0.4, -0.2) is 17.9 Å². The van der Waals surface area contributed by atoms with Crippen LogP contribution < -0.4 is 11.1 Å². The highest BCUT2D eigenvalue weighted by molar-refractivity contribution is 5.67. The van der Waals surface area contributed by atoms with Crippen LogP contribution in [0.1, 0.15) is 34.1 Å². The molecule has 4 heteroatoms. The molecule has 0 aliphatic heterocycles. The molecule has 0 aromatic rings. The molecule has 0 unspecified atom stereocenters. The van der Waals surface area contributed by atoms with E-state index in [-0.39, 0.29) is 6.17 Å². The Morgan fingerprint density at radius 1 is 1.58 bits per heavy atom. The molecular weight excluding hydrogens is 156 g/mol. The number of alkyl carbamates (subject to hydrolysis) is 1. The second-order valence-electron chi connectivity index (χ2n) is 3.66. The third-order valence-corrected chi connectivity index (χ3v) is 1.14. The Labute approximate surface area is 73.5 Å². The van der Waals surface area contributed by atoms with Gasteiger partial charge in [0.1, 0.15) is 5.60 Å². The Balaban J connectivity index is 3.75. The first-order valence-corrected chi connectivity index (χ1v) is 4.10. The van der Waals surface area contributed by atoms with Crippen LogP contribution in [0.15, 0.2) is 0 Å². The van der Waals surface area contributed by atoms with E-state index in [2.05, 4.69) is 5.32 Å². The topological polar surface area (TPSA) is 64.3 Å². The molecule has 0 aromatic heterocycles. The van der Waals surface area contributed by atoms with E-state index in [1.165, 1.54) is 0 Å². The summed E-state index contributed by atoms with van der Waals surface area (Å²) >= 11 is 0. The van der Waals surface area contributed by atoms with Crippen molar-refractivity contribution in [3.05, 3.63) is 0 Å². The number of amides is 1. The molecule has 0 aliphatic rings. The number of ether oxygens (including phenoxy) is 1. The van der Waals surface area contributed by atoms with E-state index in [0.717, 1.165) is 0 Å². The molecule has 0 bridgehead atoms. The Morgan fingerprint density at radius 3 is 2.42 bits per heavy atom. The normalized spacial score (nSPS) is 13.8. The molecule has 0 saturated heterocycles. The van der Waals surface area contributed by atoms with Gasteiger partial charge in [0.2, 0.25) is 0 Å². The average molecular weight is 174 g/mol. The molecule has 0 fully saturated rings. The van der Waals surface area contributed by atoms with Crippen LogP contribution in [-0.2, 0) is 4.74 Å². The second-order valence-corrected chi connectivity index (χ2v) is 3.66. The smallest absolute Gasteiger partial charge is 0.408 e. The highest BCUT2D eigenvalue weighted by atomic mass is 16.6. The van der Waals surface area contributed by atoms with Crippen molar-refractivity contribution >= 4 is 6.09 Å². The minimum absolute atomic E-state index is 0.320. The van der Waals surface area contributed by atoms with Crippen LogP contribution in [0.5, 0.6) is 0 Å². The molecule has 0 spiro atoms. The fourth-order valence-electron chi connectivity index (χ4n) is 0.561. The highest BCUT2D eigenvalue weighted by Gasteiger charge is 2.16. The van der Waals surface area contributed by atoms with Crippen LogP contribution >= 0.6 is 0 Å². The zero-order valence-electron chi connectivity index (χ0n) is 8.18. The number of hydrogen-bond acceptors (Lipinski definition) is 3. The fourth-order valence-corrected chi connectivity index (χ4v) is 0.561. The summed E-state index contributed by atoms with van der Waals surface area (Å²) in [4.78, 5) is 11.0. The summed E-state index contributed by atoms with van der Waals surface area (Å²) in [6, 6.07) is 0. The van der Waals surface area contributed by atoms with Crippen molar-refractivity contribution in [2.75, 3.05) is 0 Å². The molecule has 12 heavy (non-hydrogen) atoms. The van der Waals surface area contributed by atoms with Gasteiger partial charge in [-0.15, -0.1) is 0 Å². The summed E-state index contributed by atoms with van der Waals surface area (Å²) in [5.41, 5.74) is 5.02. The SMILES string of the molecule is CC[C@H](N)NC(=O)OC(C)(C)C. The Morgan fingerprint density at radius 2 is 2.08 bits per heavy atom. The van der Waals surface area contributed by atoms with Gasteiger partial charge in [-0.25, -0.2) is 4.79 Å². The molecule has 0 saturated carbocycles. The Kier molecular flexibility index (Phi) is 4.03. The summed E-state index contributed by atoms with van der Waals surface area (Å²) in [6.45, 7) is 7.32. The first-order valence-electron chi connectivity index (χ1n) is 4.10. The summed E-state index contributed by atoms with van der Waals surface area (Å²) in [5.74, 6) is 0. The van der Waals surface area contributed by atoms with Crippen molar-refractivity contribution in [2.24, 2.45) is 5.73 Å². The van der Waals surface area contributed by atoms with E-state index in [1.807, 2.05) is 27.7 Å². The summed E-state index contributed by atoms with van der Waals surface area (Å²) in [7, 11) is 0. The molecule has 0 aromatic carbocycles. The number of carbonyl (C=O) groups excluding carboxylic acids is 1. The lowest BCUT2D eigenvalue weighted by Gasteiger charge is -2.21. The van der Waals surface area contributed by atoms with E-state index >= 15 is 0 Å². The van der Waals surface area contributed by atoms with Crippen molar-refractivity contribution in [2.45, 2.75) is 45.9 Å². The lowest BCUT2D eigenvalue weighted by molar-refractivity contribution is 0.0504. The maximum atomic E-state index is 11.0. The maximum Gasteiger partial charge on any atom is 0.408 e. The van der Waals surface area contributed by atoms with Crippen molar-refractivity contribution < 1.29 is 9.53 Å². The third kappa shape index (κ3) is 5.97. The third-order valence-electron chi connectivity index (χ3n) is 1.14. The standard InChI is InChI=1S/C8H18N2O2/c1-5-6(9)10-7(11)12-8(2,3)4/h6H,5,9H2,1-4H3,(H,10,11)/t6-/m1/s1. The summed E-state index contributed by atoms with van der Waals surface area (Å²) < 4.78 is 4.98. The average Bonchev–Trinajstić information content (AvgIpc) is 1.82. The lowest BCUT2D eigenvalue weighted by Crippen LogP contribution is -2.43. The van der Waals surface area contributed by atoms with Crippen molar-refractivity contribution in [3.8, 4) is 0 Å². The highest BCUT2D eigenvalue weighted by Crippen LogP contribution is 2.06. The summed E-state index contributed by atoms with van der Waals surface area (Å²) in [6.07, 6.45) is -0.0871. The maximum absolute atomic E-state index is 11.0. The largest absolute Gasteiger partial charge is 0.444 e. The number of nitrogens with one attached hydrogen (secondary N) is 1. The van der Waals surface area contributed by atoms with Gasteiger partial charge in [-0.2, -0.15) is 0 Å². The fraction of sp³-hybridized carbons (Fsp3) is 0.875.